The summed E-state index contributed by atoms with van der Waals surface area (Å²) < 4.78 is 0. The van der Waals surface area contributed by atoms with Gasteiger partial charge in [-0.2, -0.15) is 11.8 Å². The summed E-state index contributed by atoms with van der Waals surface area (Å²) in [6.45, 7) is 0. The van der Waals surface area contributed by atoms with Crippen LogP contribution in [0, 0.1) is 0 Å². The van der Waals surface area contributed by atoms with Crippen LogP contribution in [0.4, 0.5) is 5.69 Å². The summed E-state index contributed by atoms with van der Waals surface area (Å²) in [4.78, 5) is 16.0. The molecule has 1 aliphatic rings. The largest absolute Gasteiger partial charge is 0.398 e. The van der Waals surface area contributed by atoms with Gasteiger partial charge in [-0.15, -0.1) is 0 Å². The van der Waals surface area contributed by atoms with Crippen LogP contribution in [0.3, 0.4) is 0 Å². The van der Waals surface area contributed by atoms with Gasteiger partial charge in [-0.3, -0.25) is 9.78 Å². The Morgan fingerprint density at radius 1 is 1.56 bits per heavy atom. The summed E-state index contributed by atoms with van der Waals surface area (Å²) in [5.41, 5.74) is 6.74. The number of hydrogen-bond donors (Lipinski definition) is 2. The van der Waals surface area contributed by atoms with E-state index in [1.165, 1.54) is 19.0 Å². The molecule has 2 atom stereocenters. The van der Waals surface area contributed by atoms with Crippen molar-refractivity contribution < 1.29 is 4.79 Å². The highest BCUT2D eigenvalue weighted by Crippen LogP contribution is 2.27. The highest BCUT2D eigenvalue weighted by Gasteiger charge is 2.23. The van der Waals surface area contributed by atoms with Crippen molar-refractivity contribution in [3.8, 4) is 0 Å². The van der Waals surface area contributed by atoms with Gasteiger partial charge in [0.15, 0.2) is 0 Å². The molecule has 18 heavy (non-hydrogen) atoms. The molecule has 0 bridgehead atoms. The van der Waals surface area contributed by atoms with Crippen molar-refractivity contribution in [1.29, 1.82) is 0 Å². The summed E-state index contributed by atoms with van der Waals surface area (Å²) in [7, 11) is 0. The summed E-state index contributed by atoms with van der Waals surface area (Å²) in [6.07, 6.45) is 9.79. The van der Waals surface area contributed by atoms with E-state index in [0.29, 0.717) is 16.5 Å². The predicted molar refractivity (Wildman–Crippen MR) is 75.7 cm³/mol. The normalized spacial score (nSPS) is 23.6. The van der Waals surface area contributed by atoms with Gasteiger partial charge in [0.2, 0.25) is 0 Å². The second-order valence-electron chi connectivity index (χ2n) is 4.66. The molecule has 4 nitrogen and oxygen atoms in total. The topological polar surface area (TPSA) is 68.0 Å². The van der Waals surface area contributed by atoms with Crippen LogP contribution in [-0.2, 0) is 0 Å². The minimum Gasteiger partial charge on any atom is -0.398 e. The van der Waals surface area contributed by atoms with E-state index >= 15 is 0 Å². The number of aromatic nitrogens is 1. The van der Waals surface area contributed by atoms with E-state index in [-0.39, 0.29) is 11.9 Å². The number of carbonyl (C=O) groups is 1. The highest BCUT2D eigenvalue weighted by atomic mass is 32.2. The highest BCUT2D eigenvalue weighted by molar-refractivity contribution is 7.99. The van der Waals surface area contributed by atoms with Crippen molar-refractivity contribution in [2.24, 2.45) is 0 Å². The smallest absolute Gasteiger partial charge is 0.255 e. The number of rotatable bonds is 3. The first-order chi connectivity index (χ1) is 8.70. The fourth-order valence-corrected chi connectivity index (χ4v) is 3.18. The number of nitrogen functional groups attached to an aromatic ring is 1. The van der Waals surface area contributed by atoms with Crippen LogP contribution in [-0.4, -0.2) is 28.4 Å². The Labute approximate surface area is 112 Å². The third kappa shape index (κ3) is 3.16. The van der Waals surface area contributed by atoms with Gasteiger partial charge >= 0.3 is 0 Å². The predicted octanol–water partition coefficient (Wildman–Crippen LogP) is 2.07. The molecule has 0 spiro atoms. The van der Waals surface area contributed by atoms with Crippen molar-refractivity contribution in [2.45, 2.75) is 37.0 Å². The molecule has 2 unspecified atom stereocenters. The van der Waals surface area contributed by atoms with Gasteiger partial charge in [-0.25, -0.2) is 0 Å². The molecule has 3 N–H and O–H groups in total. The second kappa shape index (κ2) is 6.09. The van der Waals surface area contributed by atoms with Crippen LogP contribution >= 0.6 is 11.8 Å². The van der Waals surface area contributed by atoms with Gasteiger partial charge in [0.1, 0.15) is 0 Å². The van der Waals surface area contributed by atoms with Crippen molar-refractivity contribution in [2.75, 3.05) is 12.0 Å². The molecule has 0 saturated heterocycles. The lowest BCUT2D eigenvalue weighted by molar-refractivity contribution is 0.0929. The average Bonchev–Trinajstić information content (AvgIpc) is 2.39. The molecular formula is C13H19N3OS. The number of nitrogens with two attached hydrogens (primary N) is 1. The van der Waals surface area contributed by atoms with Crippen molar-refractivity contribution in [3.05, 3.63) is 24.0 Å². The van der Waals surface area contributed by atoms with Crippen LogP contribution in [0.15, 0.2) is 18.5 Å². The number of nitrogens with zero attached hydrogens (tertiary/aromatic N) is 1. The van der Waals surface area contributed by atoms with Gasteiger partial charge in [-0.05, 0) is 31.6 Å². The fourth-order valence-electron chi connectivity index (χ4n) is 2.35. The zero-order valence-electron chi connectivity index (χ0n) is 10.6. The Balaban J connectivity index is 1.97. The van der Waals surface area contributed by atoms with Gasteiger partial charge < -0.3 is 11.1 Å². The number of anilines is 1. The number of amides is 1. The maximum atomic E-state index is 12.1. The third-order valence-corrected chi connectivity index (χ3v) is 4.49. The Bertz CT molecular complexity index is 424. The first kappa shape index (κ1) is 13.2. The molecule has 0 aromatic carbocycles. The minimum absolute atomic E-state index is 0.104. The Kier molecular flexibility index (Phi) is 4.47. The molecule has 0 aliphatic heterocycles. The molecule has 1 aromatic heterocycles. The molecule has 1 heterocycles. The molecule has 1 aliphatic carbocycles. The van der Waals surface area contributed by atoms with E-state index in [2.05, 4.69) is 16.6 Å². The third-order valence-electron chi connectivity index (χ3n) is 3.39. The van der Waals surface area contributed by atoms with Crippen LogP contribution in [0.1, 0.15) is 36.0 Å². The SMILES string of the molecule is CSC1CCCC(NC(=O)c2cnccc2N)C1. The summed E-state index contributed by atoms with van der Waals surface area (Å²) >= 11 is 1.89. The van der Waals surface area contributed by atoms with Crippen LogP contribution in [0.2, 0.25) is 0 Å². The zero-order valence-corrected chi connectivity index (χ0v) is 11.4. The number of carbonyl (C=O) groups excluding carboxylic acids is 1. The van der Waals surface area contributed by atoms with E-state index in [4.69, 9.17) is 5.73 Å². The molecule has 1 fully saturated rings. The number of hydrogen-bond acceptors (Lipinski definition) is 4. The lowest BCUT2D eigenvalue weighted by atomic mass is 9.94. The molecule has 1 saturated carbocycles. The van der Waals surface area contributed by atoms with Crippen molar-refractivity contribution in [1.82, 2.24) is 10.3 Å². The standard InChI is InChI=1S/C13H19N3OS/c1-18-10-4-2-3-9(7-10)16-13(17)11-8-15-6-5-12(11)14/h5-6,8-10H,2-4,7H2,1H3,(H2,14,15)(H,16,17). The molecule has 0 radical (unpaired) electrons. The Morgan fingerprint density at radius 3 is 3.11 bits per heavy atom. The first-order valence-corrected chi connectivity index (χ1v) is 7.52. The lowest BCUT2D eigenvalue weighted by Gasteiger charge is -2.28. The zero-order chi connectivity index (χ0) is 13.0. The van der Waals surface area contributed by atoms with Crippen LogP contribution in [0.25, 0.3) is 0 Å². The number of nitrogens with one attached hydrogen (secondary N) is 1. The molecule has 5 heteroatoms. The monoisotopic (exact) mass is 265 g/mol. The van der Waals surface area contributed by atoms with Crippen LogP contribution in [0.5, 0.6) is 0 Å². The number of pyridine rings is 1. The Morgan fingerprint density at radius 2 is 2.39 bits per heavy atom. The van der Waals surface area contributed by atoms with E-state index in [9.17, 15) is 4.79 Å². The average molecular weight is 265 g/mol. The fraction of sp³-hybridized carbons (Fsp3) is 0.538. The van der Waals surface area contributed by atoms with Gasteiger partial charge in [0.05, 0.1) is 5.56 Å². The van der Waals surface area contributed by atoms with Crippen LogP contribution < -0.4 is 11.1 Å². The second-order valence-corrected chi connectivity index (χ2v) is 5.80. The van der Waals surface area contributed by atoms with Gasteiger partial charge in [0, 0.05) is 29.4 Å². The molecule has 1 amide bonds. The van der Waals surface area contributed by atoms with Crippen molar-refractivity contribution in [3.63, 3.8) is 0 Å². The molecule has 98 valence electrons. The molecular weight excluding hydrogens is 246 g/mol. The minimum atomic E-state index is -0.104. The van der Waals surface area contributed by atoms with Gasteiger partial charge in [0.25, 0.3) is 5.91 Å². The molecule has 1 aromatic rings. The maximum Gasteiger partial charge on any atom is 0.255 e. The van der Waals surface area contributed by atoms with E-state index in [1.54, 1.807) is 12.3 Å². The van der Waals surface area contributed by atoms with E-state index < -0.39 is 0 Å². The summed E-state index contributed by atoms with van der Waals surface area (Å²) in [5.74, 6) is -0.104. The first-order valence-electron chi connectivity index (χ1n) is 6.24. The Hall–Kier alpha value is -1.23. The van der Waals surface area contributed by atoms with Crippen molar-refractivity contribution >= 4 is 23.4 Å². The summed E-state index contributed by atoms with van der Waals surface area (Å²) in [5, 5.41) is 3.73. The quantitative estimate of drug-likeness (QED) is 0.878. The molecule has 2 rings (SSSR count). The number of thioether (sulfide) groups is 1. The summed E-state index contributed by atoms with van der Waals surface area (Å²) in [6, 6.07) is 1.92. The maximum absolute atomic E-state index is 12.1. The van der Waals surface area contributed by atoms with E-state index in [1.807, 2.05) is 11.8 Å². The van der Waals surface area contributed by atoms with Gasteiger partial charge in [-0.1, -0.05) is 6.42 Å². The lowest BCUT2D eigenvalue weighted by Crippen LogP contribution is -2.39. The van der Waals surface area contributed by atoms with E-state index in [0.717, 1.165) is 12.8 Å².